The first-order valence-corrected chi connectivity index (χ1v) is 8.08. The number of carbonyl (C=O) groups is 1. The lowest BCUT2D eigenvalue weighted by atomic mass is 10.2. The zero-order chi connectivity index (χ0) is 15.7. The molecule has 5 nitrogen and oxygen atoms in total. The van der Waals surface area contributed by atoms with Crippen molar-refractivity contribution in [2.24, 2.45) is 0 Å². The number of imidazole rings is 1. The standard InChI is InChI=1S/C17H24N4O.2ClH/c1-11(2)21-15-9-5-4-7-13(15)20-16(21)12(3)19-17(22)14-8-6-10-18-14;;/h4-5,7,9,11-12,14,18H,6,8,10H2,1-3H3,(H,19,22);2*1H/t12?,14-;;/m0../s1. The van der Waals surface area contributed by atoms with Gasteiger partial charge in [0.15, 0.2) is 0 Å². The average molecular weight is 373 g/mol. The lowest BCUT2D eigenvalue weighted by molar-refractivity contribution is -0.123. The molecule has 3 rings (SSSR count). The Hall–Kier alpha value is -1.30. The van der Waals surface area contributed by atoms with Gasteiger partial charge in [-0.3, -0.25) is 4.79 Å². The molecule has 0 bridgehead atoms. The normalized spacial score (nSPS) is 18.1. The summed E-state index contributed by atoms with van der Waals surface area (Å²) in [5.74, 6) is 0.995. The summed E-state index contributed by atoms with van der Waals surface area (Å²) in [5, 5.41) is 6.35. The highest BCUT2D eigenvalue weighted by atomic mass is 35.5. The Bertz CT molecular complexity index is 680. The van der Waals surface area contributed by atoms with E-state index < -0.39 is 0 Å². The molecule has 0 aliphatic carbocycles. The van der Waals surface area contributed by atoms with E-state index in [1.165, 1.54) is 0 Å². The highest BCUT2D eigenvalue weighted by Gasteiger charge is 2.25. The molecule has 1 fully saturated rings. The number of fused-ring (bicyclic) bond motifs is 1. The minimum absolute atomic E-state index is 0. The van der Waals surface area contributed by atoms with Gasteiger partial charge in [-0.15, -0.1) is 24.8 Å². The summed E-state index contributed by atoms with van der Waals surface area (Å²) in [6.45, 7) is 7.22. The Morgan fingerprint density at radius 1 is 1.29 bits per heavy atom. The molecule has 2 N–H and O–H groups in total. The molecule has 2 atom stereocenters. The van der Waals surface area contributed by atoms with Crippen molar-refractivity contribution in [3.05, 3.63) is 30.1 Å². The van der Waals surface area contributed by atoms with Crippen LogP contribution in [0.1, 0.15) is 51.5 Å². The van der Waals surface area contributed by atoms with Crippen LogP contribution in [0, 0.1) is 0 Å². The maximum atomic E-state index is 12.3. The average Bonchev–Trinajstić information content (AvgIpc) is 3.14. The van der Waals surface area contributed by atoms with Gasteiger partial charge in [0.25, 0.3) is 0 Å². The number of benzene rings is 1. The van der Waals surface area contributed by atoms with Crippen molar-refractivity contribution >= 4 is 41.8 Å². The summed E-state index contributed by atoms with van der Waals surface area (Å²) in [4.78, 5) is 17.1. The van der Waals surface area contributed by atoms with Gasteiger partial charge in [0.2, 0.25) is 5.91 Å². The number of para-hydroxylation sites is 2. The topological polar surface area (TPSA) is 59.0 Å². The van der Waals surface area contributed by atoms with Gasteiger partial charge >= 0.3 is 0 Å². The number of aromatic nitrogens is 2. The second-order valence-electron chi connectivity index (χ2n) is 6.30. The van der Waals surface area contributed by atoms with E-state index in [-0.39, 0.29) is 42.8 Å². The minimum atomic E-state index is -0.107. The molecule has 1 aliphatic heterocycles. The maximum Gasteiger partial charge on any atom is 0.237 e. The number of rotatable bonds is 4. The Morgan fingerprint density at radius 3 is 2.62 bits per heavy atom. The summed E-state index contributed by atoms with van der Waals surface area (Å²) in [7, 11) is 0. The zero-order valence-electron chi connectivity index (χ0n) is 14.3. The third-order valence-corrected chi connectivity index (χ3v) is 4.26. The molecule has 1 aromatic heterocycles. The van der Waals surface area contributed by atoms with Crippen molar-refractivity contribution in [1.29, 1.82) is 0 Å². The van der Waals surface area contributed by atoms with Gasteiger partial charge in [-0.2, -0.15) is 0 Å². The molecule has 134 valence electrons. The molecule has 1 aromatic carbocycles. The smallest absolute Gasteiger partial charge is 0.237 e. The van der Waals surface area contributed by atoms with Crippen molar-refractivity contribution in [2.75, 3.05) is 6.54 Å². The van der Waals surface area contributed by atoms with E-state index in [0.29, 0.717) is 6.04 Å². The van der Waals surface area contributed by atoms with Gasteiger partial charge in [-0.25, -0.2) is 4.98 Å². The lowest BCUT2D eigenvalue weighted by Crippen LogP contribution is -2.42. The molecule has 1 unspecified atom stereocenters. The SMILES string of the molecule is CC(NC(=O)[C@@H]1CCCN1)c1nc2ccccc2n1C(C)C.Cl.Cl. The van der Waals surface area contributed by atoms with Crippen LogP contribution in [0.15, 0.2) is 24.3 Å². The summed E-state index contributed by atoms with van der Waals surface area (Å²) < 4.78 is 2.21. The molecule has 0 spiro atoms. The molecule has 2 aromatic rings. The Labute approximate surface area is 155 Å². The van der Waals surface area contributed by atoms with Crippen LogP contribution in [0.4, 0.5) is 0 Å². The van der Waals surface area contributed by atoms with Crippen molar-refractivity contribution in [3.63, 3.8) is 0 Å². The first kappa shape index (κ1) is 20.7. The van der Waals surface area contributed by atoms with E-state index in [1.54, 1.807) is 0 Å². The van der Waals surface area contributed by atoms with Crippen LogP contribution in [-0.4, -0.2) is 28.0 Å². The molecule has 2 heterocycles. The van der Waals surface area contributed by atoms with Crippen LogP contribution >= 0.6 is 24.8 Å². The predicted molar refractivity (Wildman–Crippen MR) is 102 cm³/mol. The minimum Gasteiger partial charge on any atom is -0.345 e. The van der Waals surface area contributed by atoms with Gasteiger partial charge < -0.3 is 15.2 Å². The summed E-state index contributed by atoms with van der Waals surface area (Å²) in [6.07, 6.45) is 1.98. The van der Waals surface area contributed by atoms with Gasteiger partial charge in [-0.1, -0.05) is 12.1 Å². The largest absolute Gasteiger partial charge is 0.345 e. The van der Waals surface area contributed by atoms with Crippen LogP contribution in [0.3, 0.4) is 0 Å². The molecule has 24 heavy (non-hydrogen) atoms. The molecular formula is C17H26Cl2N4O. The second-order valence-corrected chi connectivity index (χ2v) is 6.30. The first-order valence-electron chi connectivity index (χ1n) is 8.08. The Morgan fingerprint density at radius 2 is 2.00 bits per heavy atom. The molecule has 0 radical (unpaired) electrons. The Kier molecular flexibility index (Phi) is 7.52. The highest BCUT2D eigenvalue weighted by Crippen LogP contribution is 2.25. The third kappa shape index (κ3) is 4.02. The van der Waals surface area contributed by atoms with Gasteiger partial charge in [0.05, 0.1) is 23.1 Å². The molecule has 7 heteroatoms. The quantitative estimate of drug-likeness (QED) is 0.864. The molecule has 0 saturated carbocycles. The fraction of sp³-hybridized carbons (Fsp3) is 0.529. The number of amides is 1. The highest BCUT2D eigenvalue weighted by molar-refractivity contribution is 5.85. The lowest BCUT2D eigenvalue weighted by Gasteiger charge is -2.20. The van der Waals surface area contributed by atoms with Crippen LogP contribution in [0.25, 0.3) is 11.0 Å². The van der Waals surface area contributed by atoms with E-state index >= 15 is 0 Å². The summed E-state index contributed by atoms with van der Waals surface area (Å²) >= 11 is 0. The van der Waals surface area contributed by atoms with Crippen LogP contribution < -0.4 is 10.6 Å². The number of halogens is 2. The fourth-order valence-electron chi connectivity index (χ4n) is 3.20. The number of nitrogens with zero attached hydrogens (tertiary/aromatic N) is 2. The fourth-order valence-corrected chi connectivity index (χ4v) is 3.20. The zero-order valence-corrected chi connectivity index (χ0v) is 15.9. The van der Waals surface area contributed by atoms with Gasteiger partial charge in [-0.05, 0) is 52.3 Å². The monoisotopic (exact) mass is 372 g/mol. The van der Waals surface area contributed by atoms with Crippen molar-refractivity contribution < 1.29 is 4.79 Å². The first-order chi connectivity index (χ1) is 10.6. The molecular weight excluding hydrogens is 347 g/mol. The molecule has 1 aliphatic rings. The van der Waals surface area contributed by atoms with Gasteiger partial charge in [0.1, 0.15) is 5.82 Å². The molecule has 1 saturated heterocycles. The number of nitrogens with one attached hydrogen (secondary N) is 2. The predicted octanol–water partition coefficient (Wildman–Crippen LogP) is 3.39. The second kappa shape index (κ2) is 8.70. The molecule has 1 amide bonds. The van der Waals surface area contributed by atoms with Crippen LogP contribution in [-0.2, 0) is 4.79 Å². The number of carbonyl (C=O) groups excluding carboxylic acids is 1. The van der Waals surface area contributed by atoms with E-state index in [2.05, 4.69) is 35.1 Å². The maximum absolute atomic E-state index is 12.3. The number of hydrogen-bond acceptors (Lipinski definition) is 3. The van der Waals surface area contributed by atoms with E-state index in [1.807, 2.05) is 25.1 Å². The van der Waals surface area contributed by atoms with Crippen LogP contribution in [0.2, 0.25) is 0 Å². The van der Waals surface area contributed by atoms with E-state index in [9.17, 15) is 4.79 Å². The third-order valence-electron chi connectivity index (χ3n) is 4.26. The Balaban J connectivity index is 0.00000144. The van der Waals surface area contributed by atoms with Gasteiger partial charge in [0, 0.05) is 6.04 Å². The van der Waals surface area contributed by atoms with Crippen molar-refractivity contribution in [1.82, 2.24) is 20.2 Å². The van der Waals surface area contributed by atoms with E-state index in [0.717, 1.165) is 36.2 Å². The van der Waals surface area contributed by atoms with Crippen molar-refractivity contribution in [2.45, 2.75) is 51.7 Å². The van der Waals surface area contributed by atoms with Crippen molar-refractivity contribution in [3.8, 4) is 0 Å². The van der Waals surface area contributed by atoms with Crippen LogP contribution in [0.5, 0.6) is 0 Å². The summed E-state index contributed by atoms with van der Waals surface area (Å²) in [5.41, 5.74) is 2.10. The van der Waals surface area contributed by atoms with E-state index in [4.69, 9.17) is 4.98 Å². The number of hydrogen-bond donors (Lipinski definition) is 2. The summed E-state index contributed by atoms with van der Waals surface area (Å²) in [6, 6.07) is 8.26.